The lowest BCUT2D eigenvalue weighted by Gasteiger charge is -2.23. The van der Waals surface area contributed by atoms with E-state index in [-0.39, 0.29) is 36.4 Å². The van der Waals surface area contributed by atoms with E-state index in [4.69, 9.17) is 0 Å². The topological polar surface area (TPSA) is 95.5 Å². The van der Waals surface area contributed by atoms with Crippen molar-refractivity contribution in [1.82, 2.24) is 10.6 Å². The van der Waals surface area contributed by atoms with Crippen molar-refractivity contribution in [2.24, 2.45) is 0 Å². The molecule has 1 rings (SSSR count). The normalized spacial score (nSPS) is 25.2. The number of aliphatic hydroxyl groups excluding tert-OH is 1. The first-order chi connectivity index (χ1) is 7.93. The minimum atomic E-state index is -3.01. The molecular formula is C10H20N2O4S. The molecule has 0 aliphatic carbocycles. The first-order valence-electron chi connectivity index (χ1n) is 5.81. The lowest BCUT2D eigenvalue weighted by Crippen LogP contribution is -2.47. The van der Waals surface area contributed by atoms with Gasteiger partial charge in [-0.3, -0.25) is 4.79 Å². The lowest BCUT2D eigenvalue weighted by molar-refractivity contribution is -0.121. The van der Waals surface area contributed by atoms with Crippen molar-refractivity contribution in [1.29, 1.82) is 0 Å². The van der Waals surface area contributed by atoms with Crippen LogP contribution >= 0.6 is 0 Å². The molecule has 1 aliphatic rings. The van der Waals surface area contributed by atoms with Crippen LogP contribution in [0.1, 0.15) is 19.8 Å². The summed E-state index contributed by atoms with van der Waals surface area (Å²) in [6.45, 7) is 2.44. The summed E-state index contributed by atoms with van der Waals surface area (Å²) in [6, 6.07) is -0.312. The van der Waals surface area contributed by atoms with Crippen LogP contribution in [0.25, 0.3) is 0 Å². The molecule has 3 N–H and O–H groups in total. The highest BCUT2D eigenvalue weighted by Crippen LogP contribution is 2.04. The fourth-order valence-corrected chi connectivity index (χ4v) is 3.11. The van der Waals surface area contributed by atoms with E-state index in [1.54, 1.807) is 0 Å². The van der Waals surface area contributed by atoms with Crippen molar-refractivity contribution in [3.63, 3.8) is 0 Å². The summed E-state index contributed by atoms with van der Waals surface area (Å²) in [5.41, 5.74) is 0. The maximum Gasteiger partial charge on any atom is 0.221 e. The molecule has 6 nitrogen and oxygen atoms in total. The molecule has 0 spiro atoms. The summed E-state index contributed by atoms with van der Waals surface area (Å²) in [7, 11) is -3.01. The summed E-state index contributed by atoms with van der Waals surface area (Å²) < 4.78 is 22.7. The van der Waals surface area contributed by atoms with Crippen LogP contribution in [0.3, 0.4) is 0 Å². The zero-order valence-corrected chi connectivity index (χ0v) is 10.8. The molecule has 100 valence electrons. The molecule has 0 bridgehead atoms. The van der Waals surface area contributed by atoms with Gasteiger partial charge >= 0.3 is 0 Å². The van der Waals surface area contributed by atoms with Crippen LogP contribution in [0, 0.1) is 0 Å². The minimum Gasteiger partial charge on any atom is -0.391 e. The number of nitrogens with one attached hydrogen (secondary N) is 2. The molecule has 0 aromatic rings. The molecule has 0 aromatic carbocycles. The Hall–Kier alpha value is -0.660. The van der Waals surface area contributed by atoms with Gasteiger partial charge in [-0.05, 0) is 6.42 Å². The first-order valence-corrected chi connectivity index (χ1v) is 7.63. The van der Waals surface area contributed by atoms with Crippen molar-refractivity contribution < 1.29 is 18.3 Å². The Balaban J connectivity index is 2.31. The molecule has 1 aliphatic heterocycles. The number of sulfone groups is 1. The van der Waals surface area contributed by atoms with E-state index < -0.39 is 15.9 Å². The van der Waals surface area contributed by atoms with E-state index in [1.807, 2.05) is 6.92 Å². The fourth-order valence-electron chi connectivity index (χ4n) is 1.67. The van der Waals surface area contributed by atoms with E-state index in [9.17, 15) is 18.3 Å². The molecule has 0 radical (unpaired) electrons. The van der Waals surface area contributed by atoms with Crippen LogP contribution < -0.4 is 10.6 Å². The summed E-state index contributed by atoms with van der Waals surface area (Å²) in [5.74, 6) is -0.0803. The van der Waals surface area contributed by atoms with Gasteiger partial charge in [0.25, 0.3) is 0 Å². The standard InChI is InChI=1S/C10H20N2O4S/c1-2-9(13)6-12-10(14)5-8-7-17(15,16)4-3-11-8/h8-9,11,13H,2-7H2,1H3,(H,12,14). The Bertz CT molecular complexity index is 355. The predicted octanol–water partition coefficient (Wildman–Crippen LogP) is -1.35. The number of carbonyl (C=O) groups is 1. The lowest BCUT2D eigenvalue weighted by atomic mass is 10.2. The average molecular weight is 264 g/mol. The Labute approximate surface area is 102 Å². The van der Waals surface area contributed by atoms with Crippen LogP contribution in [0.2, 0.25) is 0 Å². The van der Waals surface area contributed by atoms with Gasteiger partial charge in [-0.2, -0.15) is 0 Å². The molecule has 1 fully saturated rings. The van der Waals surface area contributed by atoms with Gasteiger partial charge in [0.15, 0.2) is 9.84 Å². The second-order valence-corrected chi connectivity index (χ2v) is 6.56. The highest BCUT2D eigenvalue weighted by molar-refractivity contribution is 7.91. The second kappa shape index (κ2) is 6.32. The number of hydrogen-bond acceptors (Lipinski definition) is 5. The van der Waals surface area contributed by atoms with E-state index >= 15 is 0 Å². The van der Waals surface area contributed by atoms with Crippen molar-refractivity contribution in [2.75, 3.05) is 24.6 Å². The fraction of sp³-hybridized carbons (Fsp3) is 0.900. The smallest absolute Gasteiger partial charge is 0.221 e. The average Bonchev–Trinajstić information content (AvgIpc) is 2.24. The van der Waals surface area contributed by atoms with Crippen LogP contribution in [0.15, 0.2) is 0 Å². The second-order valence-electron chi connectivity index (χ2n) is 4.34. The zero-order valence-electron chi connectivity index (χ0n) is 9.98. The van der Waals surface area contributed by atoms with Crippen molar-refractivity contribution in [2.45, 2.75) is 31.9 Å². The van der Waals surface area contributed by atoms with Gasteiger partial charge in [-0.25, -0.2) is 8.42 Å². The zero-order chi connectivity index (χ0) is 12.9. The van der Waals surface area contributed by atoms with E-state index in [0.717, 1.165) is 0 Å². The summed E-state index contributed by atoms with van der Waals surface area (Å²) in [4.78, 5) is 11.5. The third-order valence-electron chi connectivity index (χ3n) is 2.74. The number of rotatable bonds is 5. The predicted molar refractivity (Wildman–Crippen MR) is 64.4 cm³/mol. The number of carbonyl (C=O) groups excluding carboxylic acids is 1. The molecule has 0 aromatic heterocycles. The first kappa shape index (κ1) is 14.4. The highest BCUT2D eigenvalue weighted by atomic mass is 32.2. The SMILES string of the molecule is CCC(O)CNC(=O)CC1CS(=O)(=O)CCN1. The minimum absolute atomic E-state index is 0.0107. The van der Waals surface area contributed by atoms with E-state index in [0.29, 0.717) is 13.0 Å². The van der Waals surface area contributed by atoms with Gasteiger partial charge in [0.05, 0.1) is 17.6 Å². The molecule has 2 unspecified atom stereocenters. The third-order valence-corrected chi connectivity index (χ3v) is 4.48. The molecule has 1 heterocycles. The van der Waals surface area contributed by atoms with E-state index in [1.165, 1.54) is 0 Å². The molecule has 17 heavy (non-hydrogen) atoms. The number of hydrogen-bond donors (Lipinski definition) is 3. The molecular weight excluding hydrogens is 244 g/mol. The molecule has 0 saturated carbocycles. The van der Waals surface area contributed by atoms with Crippen LogP contribution in [0.4, 0.5) is 0 Å². The van der Waals surface area contributed by atoms with Gasteiger partial charge in [0, 0.05) is 25.6 Å². The maximum absolute atomic E-state index is 11.5. The Morgan fingerprint density at radius 2 is 2.29 bits per heavy atom. The quantitative estimate of drug-likeness (QED) is 0.570. The molecule has 7 heteroatoms. The Morgan fingerprint density at radius 3 is 2.88 bits per heavy atom. The van der Waals surface area contributed by atoms with Gasteiger partial charge < -0.3 is 15.7 Å². The Morgan fingerprint density at radius 1 is 1.59 bits per heavy atom. The Kier molecular flexibility index (Phi) is 5.35. The van der Waals surface area contributed by atoms with Crippen LogP contribution in [-0.2, 0) is 14.6 Å². The van der Waals surface area contributed by atoms with E-state index in [2.05, 4.69) is 10.6 Å². The number of aliphatic hydroxyl groups is 1. The van der Waals surface area contributed by atoms with Gasteiger partial charge in [0.1, 0.15) is 0 Å². The van der Waals surface area contributed by atoms with Crippen molar-refractivity contribution in [3.8, 4) is 0 Å². The molecule has 2 atom stereocenters. The monoisotopic (exact) mass is 264 g/mol. The van der Waals surface area contributed by atoms with Gasteiger partial charge in [0.2, 0.25) is 5.91 Å². The van der Waals surface area contributed by atoms with Crippen LogP contribution in [-0.4, -0.2) is 56.2 Å². The van der Waals surface area contributed by atoms with Crippen LogP contribution in [0.5, 0.6) is 0 Å². The maximum atomic E-state index is 11.5. The molecule has 1 saturated heterocycles. The summed E-state index contributed by atoms with van der Waals surface area (Å²) in [6.07, 6.45) is 0.174. The van der Waals surface area contributed by atoms with Gasteiger partial charge in [-0.1, -0.05) is 6.92 Å². The summed E-state index contributed by atoms with van der Waals surface area (Å²) in [5, 5.41) is 14.9. The highest BCUT2D eigenvalue weighted by Gasteiger charge is 2.25. The van der Waals surface area contributed by atoms with Crippen molar-refractivity contribution in [3.05, 3.63) is 0 Å². The van der Waals surface area contributed by atoms with Crippen molar-refractivity contribution >= 4 is 15.7 Å². The van der Waals surface area contributed by atoms with Gasteiger partial charge in [-0.15, -0.1) is 0 Å². The third kappa shape index (κ3) is 5.47. The summed E-state index contributed by atoms with van der Waals surface area (Å²) >= 11 is 0. The molecule has 1 amide bonds. The largest absolute Gasteiger partial charge is 0.391 e. The number of amides is 1.